The van der Waals surface area contributed by atoms with E-state index in [1.807, 2.05) is 0 Å². The van der Waals surface area contributed by atoms with E-state index in [1.165, 1.54) is 12.1 Å². The second kappa shape index (κ2) is 5.83. The highest BCUT2D eigenvalue weighted by Crippen LogP contribution is 2.31. The van der Waals surface area contributed by atoms with Gasteiger partial charge in [-0.15, -0.1) is 0 Å². The highest BCUT2D eigenvalue weighted by molar-refractivity contribution is 5.73. The summed E-state index contributed by atoms with van der Waals surface area (Å²) in [6.07, 6.45) is -1.89. The van der Waals surface area contributed by atoms with Gasteiger partial charge in [-0.2, -0.15) is 13.2 Å². The number of hydrogen-bond acceptors (Lipinski definition) is 2. The molecule has 1 amide bonds. The van der Waals surface area contributed by atoms with Crippen LogP contribution in [0.25, 0.3) is 0 Å². The van der Waals surface area contributed by atoms with Crippen molar-refractivity contribution in [3.8, 4) is 0 Å². The van der Waals surface area contributed by atoms with E-state index in [1.54, 1.807) is 0 Å². The van der Waals surface area contributed by atoms with Gasteiger partial charge in [-0.05, 0) is 30.5 Å². The van der Waals surface area contributed by atoms with E-state index < -0.39 is 11.7 Å². The van der Waals surface area contributed by atoms with Crippen molar-refractivity contribution in [1.82, 2.24) is 4.90 Å². The Morgan fingerprint density at radius 2 is 1.85 bits per heavy atom. The van der Waals surface area contributed by atoms with Crippen LogP contribution >= 0.6 is 0 Å². The first kappa shape index (κ1) is 14.8. The van der Waals surface area contributed by atoms with Crippen LogP contribution in [0.1, 0.15) is 30.4 Å². The average molecular weight is 286 g/mol. The molecule has 1 fully saturated rings. The van der Waals surface area contributed by atoms with Gasteiger partial charge in [-0.25, -0.2) is 0 Å². The zero-order valence-electron chi connectivity index (χ0n) is 11.0. The number of carbonyl (C=O) groups is 1. The summed E-state index contributed by atoms with van der Waals surface area (Å²) in [5.41, 5.74) is 5.30. The predicted octanol–water partition coefficient (Wildman–Crippen LogP) is 2.55. The number of primary amides is 1. The lowest BCUT2D eigenvalue weighted by molar-refractivity contribution is -0.137. The van der Waals surface area contributed by atoms with Crippen molar-refractivity contribution < 1.29 is 18.0 Å². The van der Waals surface area contributed by atoms with Gasteiger partial charge >= 0.3 is 6.18 Å². The smallest absolute Gasteiger partial charge is 0.370 e. The van der Waals surface area contributed by atoms with Crippen molar-refractivity contribution in [3.05, 3.63) is 35.4 Å². The Morgan fingerprint density at radius 3 is 2.30 bits per heavy atom. The minimum atomic E-state index is -4.30. The molecule has 1 saturated carbocycles. The summed E-state index contributed by atoms with van der Waals surface area (Å²) in [4.78, 5) is 12.9. The molecule has 0 aromatic heterocycles. The second-order valence-corrected chi connectivity index (χ2v) is 5.11. The Labute approximate surface area is 115 Å². The number of halogens is 3. The van der Waals surface area contributed by atoms with Gasteiger partial charge in [0.15, 0.2) is 0 Å². The molecule has 2 N–H and O–H groups in total. The predicted molar refractivity (Wildman–Crippen MR) is 68.7 cm³/mol. The van der Waals surface area contributed by atoms with Gasteiger partial charge in [0, 0.05) is 25.6 Å². The van der Waals surface area contributed by atoms with Crippen LogP contribution in [0.3, 0.4) is 0 Å². The molecule has 0 unspecified atom stereocenters. The lowest BCUT2D eigenvalue weighted by atomic mass is 10.1. The first-order valence-electron chi connectivity index (χ1n) is 6.55. The summed E-state index contributed by atoms with van der Waals surface area (Å²) in [5, 5.41) is 0. The van der Waals surface area contributed by atoms with Gasteiger partial charge in [0.05, 0.1) is 5.56 Å². The molecular formula is C14H17F3N2O. The molecular weight excluding hydrogens is 269 g/mol. The zero-order valence-corrected chi connectivity index (χ0v) is 11.0. The Kier molecular flexibility index (Phi) is 4.32. The molecule has 110 valence electrons. The summed E-state index contributed by atoms with van der Waals surface area (Å²) in [6.45, 7) is 1.11. The number of nitrogens with zero attached hydrogens (tertiary/aromatic N) is 1. The normalized spacial score (nSPS) is 15.6. The number of amides is 1. The zero-order chi connectivity index (χ0) is 14.8. The fourth-order valence-electron chi connectivity index (χ4n) is 2.12. The van der Waals surface area contributed by atoms with Gasteiger partial charge in [-0.1, -0.05) is 12.1 Å². The number of hydrogen-bond donors (Lipinski definition) is 1. The van der Waals surface area contributed by atoms with Crippen LogP contribution in [0.15, 0.2) is 24.3 Å². The molecule has 0 saturated heterocycles. The van der Waals surface area contributed by atoms with Crippen LogP contribution in [-0.2, 0) is 17.5 Å². The molecule has 3 nitrogen and oxygen atoms in total. The van der Waals surface area contributed by atoms with E-state index in [2.05, 4.69) is 4.90 Å². The fraction of sp³-hybridized carbons (Fsp3) is 0.500. The molecule has 0 bridgehead atoms. The molecule has 1 aliphatic carbocycles. The number of carbonyl (C=O) groups excluding carboxylic acids is 1. The van der Waals surface area contributed by atoms with E-state index in [0.29, 0.717) is 19.1 Å². The third-order valence-electron chi connectivity index (χ3n) is 3.38. The molecule has 0 radical (unpaired) electrons. The van der Waals surface area contributed by atoms with Crippen LogP contribution in [-0.4, -0.2) is 23.4 Å². The highest BCUT2D eigenvalue weighted by Gasteiger charge is 2.31. The largest absolute Gasteiger partial charge is 0.416 e. The molecule has 0 spiro atoms. The van der Waals surface area contributed by atoms with Crippen LogP contribution < -0.4 is 5.73 Å². The number of rotatable bonds is 6. The summed E-state index contributed by atoms with van der Waals surface area (Å²) in [6, 6.07) is 5.59. The minimum Gasteiger partial charge on any atom is -0.370 e. The van der Waals surface area contributed by atoms with Gasteiger partial charge in [0.2, 0.25) is 5.91 Å². The van der Waals surface area contributed by atoms with Crippen molar-refractivity contribution in [2.75, 3.05) is 6.54 Å². The van der Waals surface area contributed by atoms with E-state index in [-0.39, 0.29) is 12.3 Å². The third-order valence-corrected chi connectivity index (χ3v) is 3.38. The Bertz CT molecular complexity index is 466. The maximum absolute atomic E-state index is 12.5. The van der Waals surface area contributed by atoms with E-state index in [4.69, 9.17) is 5.73 Å². The average Bonchev–Trinajstić information content (AvgIpc) is 3.18. The SMILES string of the molecule is NC(=O)CCN(Cc1ccc(C(F)(F)F)cc1)C1CC1. The quantitative estimate of drug-likeness (QED) is 0.873. The number of nitrogens with two attached hydrogens (primary N) is 1. The molecule has 6 heteroatoms. The van der Waals surface area contributed by atoms with Crippen LogP contribution in [0, 0.1) is 0 Å². The summed E-state index contributed by atoms with van der Waals surface area (Å²) in [5.74, 6) is -0.358. The fourth-order valence-corrected chi connectivity index (χ4v) is 2.12. The highest BCUT2D eigenvalue weighted by atomic mass is 19.4. The van der Waals surface area contributed by atoms with Crippen molar-refractivity contribution >= 4 is 5.91 Å². The topological polar surface area (TPSA) is 46.3 Å². The van der Waals surface area contributed by atoms with Gasteiger partial charge in [0.25, 0.3) is 0 Å². The van der Waals surface area contributed by atoms with Crippen LogP contribution in [0.2, 0.25) is 0 Å². The first-order valence-corrected chi connectivity index (χ1v) is 6.55. The van der Waals surface area contributed by atoms with Gasteiger partial charge in [0.1, 0.15) is 0 Å². The standard InChI is InChI=1S/C14H17F3N2O/c15-14(16,17)11-3-1-10(2-4-11)9-19(12-5-6-12)8-7-13(18)20/h1-4,12H,5-9H2,(H2,18,20). The van der Waals surface area contributed by atoms with Crippen LogP contribution in [0.4, 0.5) is 13.2 Å². The van der Waals surface area contributed by atoms with Crippen molar-refractivity contribution in [2.45, 2.75) is 38.0 Å². The molecule has 0 aliphatic heterocycles. The maximum Gasteiger partial charge on any atom is 0.416 e. The Morgan fingerprint density at radius 1 is 1.25 bits per heavy atom. The summed E-state index contributed by atoms with van der Waals surface area (Å²) in [7, 11) is 0. The molecule has 1 aromatic rings. The summed E-state index contributed by atoms with van der Waals surface area (Å²) >= 11 is 0. The molecule has 1 aliphatic rings. The number of benzene rings is 1. The Hall–Kier alpha value is -1.56. The van der Waals surface area contributed by atoms with E-state index in [9.17, 15) is 18.0 Å². The van der Waals surface area contributed by atoms with Crippen molar-refractivity contribution in [2.24, 2.45) is 5.73 Å². The molecule has 2 rings (SSSR count). The summed E-state index contributed by atoms with van der Waals surface area (Å²) < 4.78 is 37.4. The number of alkyl halides is 3. The molecule has 1 aromatic carbocycles. The monoisotopic (exact) mass is 286 g/mol. The van der Waals surface area contributed by atoms with Crippen LogP contribution in [0.5, 0.6) is 0 Å². The van der Waals surface area contributed by atoms with E-state index >= 15 is 0 Å². The lowest BCUT2D eigenvalue weighted by Crippen LogP contribution is -2.29. The third kappa shape index (κ3) is 4.23. The molecule has 0 heterocycles. The second-order valence-electron chi connectivity index (χ2n) is 5.11. The van der Waals surface area contributed by atoms with Crippen molar-refractivity contribution in [3.63, 3.8) is 0 Å². The molecule has 0 atom stereocenters. The first-order chi connectivity index (χ1) is 9.36. The van der Waals surface area contributed by atoms with Crippen molar-refractivity contribution in [1.29, 1.82) is 0 Å². The van der Waals surface area contributed by atoms with Gasteiger partial charge < -0.3 is 5.73 Å². The minimum absolute atomic E-state index is 0.275. The molecule has 20 heavy (non-hydrogen) atoms. The van der Waals surface area contributed by atoms with E-state index in [0.717, 1.165) is 30.5 Å². The lowest BCUT2D eigenvalue weighted by Gasteiger charge is -2.21. The van der Waals surface area contributed by atoms with Gasteiger partial charge in [-0.3, -0.25) is 9.69 Å². The maximum atomic E-state index is 12.5. The Balaban J connectivity index is 1.98.